The molecule has 1 unspecified atom stereocenters. The Bertz CT molecular complexity index is 110. The summed E-state index contributed by atoms with van der Waals surface area (Å²) >= 11 is 0. The fourth-order valence-corrected chi connectivity index (χ4v) is 0.287. The molecule has 52 valence electrons. The van der Waals surface area contributed by atoms with E-state index < -0.39 is 0 Å². The van der Waals surface area contributed by atoms with Gasteiger partial charge in [0.2, 0.25) is 0 Å². The van der Waals surface area contributed by atoms with Crippen molar-refractivity contribution in [1.29, 1.82) is 0 Å². The van der Waals surface area contributed by atoms with E-state index in [4.69, 9.17) is 4.74 Å². The predicted octanol–water partition coefficient (Wildman–Crippen LogP) is 0.750. The van der Waals surface area contributed by atoms with Crippen LogP contribution in [-0.4, -0.2) is 32.8 Å². The van der Waals surface area contributed by atoms with Crippen LogP contribution >= 0.6 is 0 Å². The van der Waals surface area contributed by atoms with Crippen molar-refractivity contribution in [2.24, 2.45) is 9.98 Å². The molecule has 0 amide bonds. The van der Waals surface area contributed by atoms with E-state index in [1.165, 1.54) is 0 Å². The normalized spacial score (nSPS) is 15.4. The van der Waals surface area contributed by atoms with Gasteiger partial charge in [-0.15, -0.1) is 0 Å². The van der Waals surface area contributed by atoms with E-state index in [9.17, 15) is 0 Å². The van der Waals surface area contributed by atoms with Crippen molar-refractivity contribution in [1.82, 2.24) is 0 Å². The maximum absolute atomic E-state index is 4.84. The van der Waals surface area contributed by atoms with Crippen LogP contribution in [0.4, 0.5) is 0 Å². The summed E-state index contributed by atoms with van der Waals surface area (Å²) in [5.41, 5.74) is 0. The number of aliphatic imine (C=N–C) groups is 2. The Morgan fingerprint density at radius 3 is 2.56 bits per heavy atom. The van der Waals surface area contributed by atoms with E-state index in [-0.39, 0.29) is 6.23 Å². The number of nitrogens with zero attached hydrogens (tertiary/aromatic N) is 2. The number of hydrogen-bond acceptors (Lipinski definition) is 3. The number of methoxy groups -OCH3 is 1. The monoisotopic (exact) mass is 128 g/mol. The molecule has 3 nitrogen and oxygen atoms in total. The quantitative estimate of drug-likeness (QED) is 0.516. The summed E-state index contributed by atoms with van der Waals surface area (Å²) in [5, 5.41) is 0. The van der Waals surface area contributed by atoms with Gasteiger partial charge < -0.3 is 4.74 Å². The number of ether oxygens (including phenoxy) is 1. The summed E-state index contributed by atoms with van der Waals surface area (Å²) in [7, 11) is 3.31. The van der Waals surface area contributed by atoms with Crippen molar-refractivity contribution in [3.63, 3.8) is 0 Å². The minimum atomic E-state index is -0.0667. The van der Waals surface area contributed by atoms with Crippen LogP contribution < -0.4 is 0 Å². The molecule has 0 saturated heterocycles. The fourth-order valence-electron chi connectivity index (χ4n) is 0.287. The molecule has 0 aliphatic heterocycles. The smallest absolute Gasteiger partial charge is 0.145 e. The Morgan fingerprint density at radius 1 is 1.44 bits per heavy atom. The first-order valence-electron chi connectivity index (χ1n) is 2.78. The molecule has 9 heavy (non-hydrogen) atoms. The number of rotatable bonds is 3. The maximum atomic E-state index is 4.84. The summed E-state index contributed by atoms with van der Waals surface area (Å²) < 4.78 is 4.84. The van der Waals surface area contributed by atoms with Gasteiger partial charge in [0, 0.05) is 26.6 Å². The zero-order valence-electron chi connectivity index (χ0n) is 6.03. The second-order valence-electron chi connectivity index (χ2n) is 1.54. The lowest BCUT2D eigenvalue weighted by molar-refractivity contribution is 0.127. The highest BCUT2D eigenvalue weighted by molar-refractivity contribution is 6.15. The molecule has 3 heteroatoms. The Kier molecular flexibility index (Phi) is 5.01. The fraction of sp³-hybridized carbons (Fsp3) is 0.667. The van der Waals surface area contributed by atoms with E-state index in [0.717, 1.165) is 0 Å². The van der Waals surface area contributed by atoms with Crippen molar-refractivity contribution in [3.8, 4) is 0 Å². The summed E-state index contributed by atoms with van der Waals surface area (Å²) in [5.74, 6) is 0. The third-order valence-electron chi connectivity index (χ3n) is 0.853. The first-order valence-corrected chi connectivity index (χ1v) is 2.78. The van der Waals surface area contributed by atoms with Gasteiger partial charge in [-0.3, -0.25) is 9.98 Å². The first kappa shape index (κ1) is 8.30. The second kappa shape index (κ2) is 5.44. The number of hydrogen-bond donors (Lipinski definition) is 0. The molecular formula is C6H12N2O. The van der Waals surface area contributed by atoms with Gasteiger partial charge in [-0.1, -0.05) is 0 Å². The lowest BCUT2D eigenvalue weighted by Gasteiger charge is -1.98. The van der Waals surface area contributed by atoms with Crippen LogP contribution in [0.2, 0.25) is 0 Å². The van der Waals surface area contributed by atoms with Gasteiger partial charge in [-0.05, 0) is 6.92 Å². The van der Waals surface area contributed by atoms with Gasteiger partial charge in [0.15, 0.2) is 0 Å². The van der Waals surface area contributed by atoms with Gasteiger partial charge in [0.05, 0.1) is 0 Å². The first-order chi connectivity index (χ1) is 4.31. The zero-order valence-corrected chi connectivity index (χ0v) is 6.03. The molecule has 0 fully saturated rings. The molecular weight excluding hydrogens is 116 g/mol. The third-order valence-corrected chi connectivity index (χ3v) is 0.853. The molecule has 0 aromatic carbocycles. The minimum Gasteiger partial charge on any atom is -0.360 e. The van der Waals surface area contributed by atoms with Crippen molar-refractivity contribution in [2.75, 3.05) is 14.2 Å². The van der Waals surface area contributed by atoms with E-state index in [2.05, 4.69) is 9.98 Å². The highest BCUT2D eigenvalue weighted by Gasteiger charge is 1.87. The standard InChI is InChI=1S/C6H12N2O/c1-6(9-3)8-5-4-7-2/h4-6H,1-3H3. The largest absolute Gasteiger partial charge is 0.360 e. The van der Waals surface area contributed by atoms with Crippen LogP contribution in [-0.2, 0) is 4.74 Å². The molecule has 0 rings (SSSR count). The van der Waals surface area contributed by atoms with E-state index in [1.807, 2.05) is 6.92 Å². The second-order valence-corrected chi connectivity index (χ2v) is 1.54. The predicted molar refractivity (Wildman–Crippen MR) is 39.4 cm³/mol. The third kappa shape index (κ3) is 5.17. The van der Waals surface area contributed by atoms with Crippen LogP contribution in [0, 0.1) is 0 Å². The summed E-state index contributed by atoms with van der Waals surface area (Å²) in [6.07, 6.45) is 3.17. The average Bonchev–Trinajstić information content (AvgIpc) is 1.89. The van der Waals surface area contributed by atoms with Crippen LogP contribution in [0.5, 0.6) is 0 Å². The van der Waals surface area contributed by atoms with Crippen molar-refractivity contribution in [2.45, 2.75) is 13.2 Å². The van der Waals surface area contributed by atoms with Crippen LogP contribution in [0.25, 0.3) is 0 Å². The molecule has 0 saturated carbocycles. The molecule has 0 aromatic rings. The average molecular weight is 128 g/mol. The van der Waals surface area contributed by atoms with Gasteiger partial charge in [0.25, 0.3) is 0 Å². The molecule has 0 N–H and O–H groups in total. The molecule has 0 aromatic heterocycles. The van der Waals surface area contributed by atoms with Crippen LogP contribution in [0.3, 0.4) is 0 Å². The topological polar surface area (TPSA) is 34.0 Å². The van der Waals surface area contributed by atoms with Gasteiger partial charge in [-0.25, -0.2) is 0 Å². The van der Waals surface area contributed by atoms with E-state index in [1.54, 1.807) is 26.6 Å². The van der Waals surface area contributed by atoms with Crippen molar-refractivity contribution in [3.05, 3.63) is 0 Å². The highest BCUT2D eigenvalue weighted by atomic mass is 16.5. The maximum Gasteiger partial charge on any atom is 0.145 e. The lowest BCUT2D eigenvalue weighted by atomic mass is 10.6. The van der Waals surface area contributed by atoms with Gasteiger partial charge >= 0.3 is 0 Å². The van der Waals surface area contributed by atoms with Crippen LogP contribution in [0.15, 0.2) is 9.98 Å². The summed E-state index contributed by atoms with van der Waals surface area (Å²) in [6, 6.07) is 0. The molecule has 0 spiro atoms. The van der Waals surface area contributed by atoms with E-state index >= 15 is 0 Å². The lowest BCUT2D eigenvalue weighted by Crippen LogP contribution is -2.00. The van der Waals surface area contributed by atoms with Crippen molar-refractivity contribution >= 4 is 12.4 Å². The summed E-state index contributed by atoms with van der Waals surface area (Å²) in [4.78, 5) is 7.65. The minimum absolute atomic E-state index is 0.0667. The molecule has 0 bridgehead atoms. The Morgan fingerprint density at radius 2 is 2.11 bits per heavy atom. The molecule has 0 aliphatic carbocycles. The molecule has 0 radical (unpaired) electrons. The van der Waals surface area contributed by atoms with Gasteiger partial charge in [0.1, 0.15) is 6.23 Å². The Hall–Kier alpha value is -0.700. The van der Waals surface area contributed by atoms with Gasteiger partial charge in [-0.2, -0.15) is 0 Å². The Balaban J connectivity index is 3.43. The zero-order chi connectivity index (χ0) is 7.11. The SMILES string of the molecule is CN=CC=NC(C)OC. The summed E-state index contributed by atoms with van der Waals surface area (Å²) in [6.45, 7) is 1.86. The van der Waals surface area contributed by atoms with Crippen molar-refractivity contribution < 1.29 is 4.74 Å². The van der Waals surface area contributed by atoms with E-state index in [0.29, 0.717) is 0 Å². The molecule has 1 atom stereocenters. The molecule has 0 heterocycles. The molecule has 0 aliphatic rings. The Labute approximate surface area is 55.5 Å². The van der Waals surface area contributed by atoms with Crippen LogP contribution in [0.1, 0.15) is 6.92 Å². The highest BCUT2D eigenvalue weighted by Crippen LogP contribution is 1.84.